The number of methoxy groups -OCH3 is 1. The molecule has 4 atom stereocenters. The molecule has 2 N–H and O–H groups in total. The summed E-state index contributed by atoms with van der Waals surface area (Å²) in [7, 11) is 1.55. The van der Waals surface area contributed by atoms with E-state index in [1.54, 1.807) is 25.4 Å². The molecule has 2 fully saturated rings. The number of hydrogen-bond donors (Lipinski definition) is 2. The van der Waals surface area contributed by atoms with Crippen LogP contribution in [0, 0.1) is 5.82 Å². The lowest BCUT2D eigenvalue weighted by Crippen LogP contribution is -2.33. The Kier molecular flexibility index (Phi) is 5.87. The summed E-state index contributed by atoms with van der Waals surface area (Å²) < 4.78 is 37.5. The number of ketones is 1. The van der Waals surface area contributed by atoms with Gasteiger partial charge in [0, 0.05) is 23.4 Å². The van der Waals surface area contributed by atoms with Crippen LogP contribution < -0.4 is 14.8 Å². The molecule has 200 valence electrons. The number of imidazole rings is 1. The minimum atomic E-state index is -0.596. The van der Waals surface area contributed by atoms with E-state index in [-0.39, 0.29) is 36.9 Å². The van der Waals surface area contributed by atoms with Crippen LogP contribution in [0.1, 0.15) is 23.6 Å². The predicted octanol–water partition coefficient (Wildman–Crippen LogP) is 4.03. The zero-order chi connectivity index (χ0) is 26.7. The lowest BCUT2D eigenvalue weighted by atomic mass is 10.00. The van der Waals surface area contributed by atoms with E-state index < -0.39 is 18.3 Å². The molecule has 0 spiro atoms. The van der Waals surface area contributed by atoms with Crippen LogP contribution in [0.4, 0.5) is 10.2 Å². The van der Waals surface area contributed by atoms with Crippen molar-refractivity contribution in [3.63, 3.8) is 0 Å². The first-order chi connectivity index (χ1) is 19.0. The number of carbonyl (C=O) groups excluding carboxylic acids is 1. The van der Waals surface area contributed by atoms with Crippen molar-refractivity contribution in [1.82, 2.24) is 19.9 Å². The van der Waals surface area contributed by atoms with Crippen molar-refractivity contribution in [2.75, 3.05) is 25.6 Å². The van der Waals surface area contributed by atoms with Crippen LogP contribution in [0.2, 0.25) is 5.02 Å². The van der Waals surface area contributed by atoms with E-state index in [0.29, 0.717) is 46.3 Å². The van der Waals surface area contributed by atoms with E-state index in [1.807, 2.05) is 12.1 Å². The smallest absolute Gasteiger partial charge is 0.296 e. The highest BCUT2D eigenvalue weighted by Gasteiger charge is 2.48. The number of anilines is 1. The van der Waals surface area contributed by atoms with Crippen LogP contribution in [-0.2, 0) is 20.7 Å². The van der Waals surface area contributed by atoms with E-state index in [4.69, 9.17) is 30.5 Å². The van der Waals surface area contributed by atoms with Crippen LogP contribution in [0.15, 0.2) is 36.5 Å². The van der Waals surface area contributed by atoms with E-state index >= 15 is 4.39 Å². The number of halogens is 2. The third-order valence-corrected chi connectivity index (χ3v) is 7.65. The van der Waals surface area contributed by atoms with E-state index in [9.17, 15) is 4.79 Å². The first kappa shape index (κ1) is 24.3. The number of hydrogen-bond acceptors (Lipinski definition) is 9. The molecular formula is C27H23ClFN5O5. The van der Waals surface area contributed by atoms with Crippen LogP contribution in [0.25, 0.3) is 22.3 Å². The van der Waals surface area contributed by atoms with Crippen LogP contribution >= 0.6 is 11.6 Å². The van der Waals surface area contributed by atoms with Crippen molar-refractivity contribution < 1.29 is 28.1 Å². The topological polar surface area (TPSA) is 120 Å². The highest BCUT2D eigenvalue weighted by molar-refractivity contribution is 6.33. The second-order valence-electron chi connectivity index (χ2n) is 9.74. The number of nitrogens with one attached hydrogen (secondary N) is 2. The molecule has 1 unspecified atom stereocenters. The van der Waals surface area contributed by atoms with Crippen molar-refractivity contribution in [2.24, 2.45) is 0 Å². The molecule has 3 aromatic heterocycles. The fraction of sp³-hybridized carbons (Fsp3) is 0.333. The molecule has 0 bridgehead atoms. The van der Waals surface area contributed by atoms with Crippen molar-refractivity contribution >= 4 is 34.4 Å². The van der Waals surface area contributed by atoms with Crippen LogP contribution in [-0.4, -0.2) is 64.4 Å². The Morgan fingerprint density at radius 2 is 2.08 bits per heavy atom. The average Bonchev–Trinajstić information content (AvgIpc) is 3.71. The molecule has 3 aliphatic rings. The van der Waals surface area contributed by atoms with E-state index in [2.05, 4.69) is 25.3 Å². The molecule has 1 aliphatic carbocycles. The quantitative estimate of drug-likeness (QED) is 0.366. The highest BCUT2D eigenvalue weighted by Crippen LogP contribution is 2.40. The van der Waals surface area contributed by atoms with Gasteiger partial charge >= 0.3 is 0 Å². The molecule has 2 saturated heterocycles. The van der Waals surface area contributed by atoms with Crippen molar-refractivity contribution in [1.29, 1.82) is 0 Å². The van der Waals surface area contributed by atoms with Crippen molar-refractivity contribution in [2.45, 2.75) is 37.2 Å². The largest absolute Gasteiger partial charge is 0.481 e. The first-order valence-corrected chi connectivity index (χ1v) is 12.9. The number of rotatable bonds is 6. The number of pyridine rings is 2. The Balaban J connectivity index is 1.11. The summed E-state index contributed by atoms with van der Waals surface area (Å²) in [4.78, 5) is 28.1. The Labute approximate surface area is 226 Å². The molecule has 7 rings (SSSR count). The summed E-state index contributed by atoms with van der Waals surface area (Å²) in [6, 6.07) is 8.75. The van der Waals surface area contributed by atoms with Gasteiger partial charge in [0.15, 0.2) is 17.5 Å². The molecule has 0 radical (unpaired) electrons. The summed E-state index contributed by atoms with van der Waals surface area (Å²) >= 11 is 6.55. The Morgan fingerprint density at radius 1 is 1.18 bits per heavy atom. The van der Waals surface area contributed by atoms with Gasteiger partial charge in [0.05, 0.1) is 30.3 Å². The highest BCUT2D eigenvalue weighted by atomic mass is 35.5. The summed E-state index contributed by atoms with van der Waals surface area (Å²) in [6.07, 6.45) is 1.54. The summed E-state index contributed by atoms with van der Waals surface area (Å²) in [5, 5.41) is 3.67. The number of nitrogens with zero attached hydrogens (tertiary/aromatic N) is 3. The number of H-pyrrole nitrogens is 1. The van der Waals surface area contributed by atoms with Gasteiger partial charge < -0.3 is 29.2 Å². The number of aryl methyl sites for hydroxylation is 1. The van der Waals surface area contributed by atoms with Crippen LogP contribution in [0.3, 0.4) is 0 Å². The standard InChI is InChI=1S/C27H23ClFN5O5/c1-36-21-5-3-13(9-30-21)14-6-12-2-4-17(22(12)16(29)7-14)31-25-15(28)8-18-26(33-25)34-27(32-18)39-20-11-38-23-19(35)10-37-24(20)23/h3,5-9,17,20,23-24H,2,4,10-11H2,1H3,(H2,31,32,33,34)/t17?,20-,23-,24-/m1/s1. The Morgan fingerprint density at radius 3 is 2.90 bits per heavy atom. The van der Waals surface area contributed by atoms with Gasteiger partial charge in [0.1, 0.15) is 30.4 Å². The fourth-order valence-electron chi connectivity index (χ4n) is 5.48. The SMILES string of the molecule is COc1ccc(-c2cc(F)c3c(c2)CCC3Nc2nc3nc(O[C@@H]4CO[C@@H]5C(=O)CO[C@@H]54)[nH]c3cc2Cl)cn1. The Bertz CT molecular complexity index is 1600. The average molecular weight is 552 g/mol. The van der Waals surface area contributed by atoms with E-state index in [0.717, 1.165) is 16.7 Å². The second kappa shape index (κ2) is 9.44. The third-order valence-electron chi connectivity index (χ3n) is 7.36. The molecule has 39 heavy (non-hydrogen) atoms. The third kappa shape index (κ3) is 4.26. The van der Waals surface area contributed by atoms with Crippen molar-refractivity contribution in [3.05, 3.63) is 58.5 Å². The minimum Gasteiger partial charge on any atom is -0.481 e. The van der Waals surface area contributed by atoms with Gasteiger partial charge in [-0.2, -0.15) is 4.98 Å². The maximum Gasteiger partial charge on any atom is 0.296 e. The number of aromatic nitrogens is 4. The van der Waals surface area contributed by atoms with Gasteiger partial charge in [-0.1, -0.05) is 17.7 Å². The number of Topliss-reactive ketones (excluding diaryl/α,β-unsaturated/α-hetero) is 1. The minimum absolute atomic E-state index is 0.0202. The maximum atomic E-state index is 15.4. The first-order valence-electron chi connectivity index (χ1n) is 12.5. The monoisotopic (exact) mass is 551 g/mol. The van der Waals surface area contributed by atoms with Crippen molar-refractivity contribution in [3.8, 4) is 23.0 Å². The number of fused-ring (bicyclic) bond motifs is 3. The molecule has 5 heterocycles. The molecule has 1 aromatic carbocycles. The fourth-order valence-corrected chi connectivity index (χ4v) is 5.68. The number of carbonyl (C=O) groups is 1. The molecule has 2 aliphatic heterocycles. The number of aromatic amines is 1. The lowest BCUT2D eigenvalue weighted by Gasteiger charge is -2.17. The van der Waals surface area contributed by atoms with Gasteiger partial charge in [-0.15, -0.1) is 0 Å². The summed E-state index contributed by atoms with van der Waals surface area (Å²) in [5.41, 5.74) is 4.07. The maximum absolute atomic E-state index is 15.4. The summed E-state index contributed by atoms with van der Waals surface area (Å²) in [5.74, 6) is 0.517. The zero-order valence-corrected chi connectivity index (χ0v) is 21.5. The number of ether oxygens (including phenoxy) is 4. The molecule has 0 amide bonds. The van der Waals surface area contributed by atoms with Gasteiger partial charge in [-0.05, 0) is 42.2 Å². The van der Waals surface area contributed by atoms with Gasteiger partial charge in [-0.3, -0.25) is 4.79 Å². The molecule has 4 aromatic rings. The van der Waals surface area contributed by atoms with Crippen LogP contribution in [0.5, 0.6) is 11.9 Å². The Hall–Kier alpha value is -3.80. The van der Waals surface area contributed by atoms with Gasteiger partial charge in [0.25, 0.3) is 6.01 Å². The van der Waals surface area contributed by atoms with Gasteiger partial charge in [0.2, 0.25) is 5.88 Å². The van der Waals surface area contributed by atoms with E-state index in [1.165, 1.54) is 6.07 Å². The molecular weight excluding hydrogens is 529 g/mol. The summed E-state index contributed by atoms with van der Waals surface area (Å²) in [6.45, 7) is 0.245. The molecule has 0 saturated carbocycles. The molecule has 10 nitrogen and oxygen atoms in total. The zero-order valence-electron chi connectivity index (χ0n) is 20.7. The predicted molar refractivity (Wildman–Crippen MR) is 139 cm³/mol. The lowest BCUT2D eigenvalue weighted by molar-refractivity contribution is -0.125. The second-order valence-corrected chi connectivity index (χ2v) is 10.1. The van der Waals surface area contributed by atoms with Gasteiger partial charge in [-0.25, -0.2) is 14.4 Å². The molecule has 12 heteroatoms. The normalized spacial score (nSPS) is 23.7. The number of benzene rings is 1.